The fourth-order valence-corrected chi connectivity index (χ4v) is 2.62. The van der Waals surface area contributed by atoms with Crippen LogP contribution in [0, 0.1) is 0 Å². The van der Waals surface area contributed by atoms with E-state index in [2.05, 4.69) is 60.7 Å². The van der Waals surface area contributed by atoms with Gasteiger partial charge in [-0.3, -0.25) is 4.68 Å². The topological polar surface area (TPSA) is 43.8 Å². The van der Waals surface area contributed by atoms with Gasteiger partial charge in [-0.05, 0) is 35.2 Å². The van der Waals surface area contributed by atoms with E-state index >= 15 is 0 Å². The highest BCUT2D eigenvalue weighted by molar-refractivity contribution is 5.86. The van der Waals surface area contributed by atoms with Crippen molar-refractivity contribution in [1.82, 2.24) is 9.78 Å². The summed E-state index contributed by atoms with van der Waals surface area (Å²) in [5, 5.41) is 6.79. The Balaban J connectivity index is 1.90. The first-order valence-corrected chi connectivity index (χ1v) is 7.02. The van der Waals surface area contributed by atoms with Gasteiger partial charge in [-0.2, -0.15) is 5.10 Å². The van der Waals surface area contributed by atoms with Gasteiger partial charge >= 0.3 is 0 Å². The standard InChI is InChI=1S/C17H19N3/c1-2-20-12-13(11-19-20)10-17(18)16-9-5-7-14-6-3-4-8-15(14)16/h3-9,11-12,17H,2,10,18H2,1H3. The molecule has 2 N–H and O–H groups in total. The van der Waals surface area contributed by atoms with E-state index in [4.69, 9.17) is 5.73 Å². The maximum atomic E-state index is 6.41. The van der Waals surface area contributed by atoms with E-state index in [-0.39, 0.29) is 6.04 Å². The van der Waals surface area contributed by atoms with E-state index < -0.39 is 0 Å². The van der Waals surface area contributed by atoms with Crippen LogP contribution in [0.4, 0.5) is 0 Å². The molecule has 3 rings (SSSR count). The average molecular weight is 265 g/mol. The summed E-state index contributed by atoms with van der Waals surface area (Å²) < 4.78 is 1.94. The molecule has 3 aromatic rings. The summed E-state index contributed by atoms with van der Waals surface area (Å²) in [5.74, 6) is 0. The molecule has 20 heavy (non-hydrogen) atoms. The number of nitrogens with zero attached hydrogens (tertiary/aromatic N) is 2. The molecule has 2 aromatic carbocycles. The fourth-order valence-electron chi connectivity index (χ4n) is 2.62. The quantitative estimate of drug-likeness (QED) is 0.786. The maximum Gasteiger partial charge on any atom is 0.0522 e. The number of fused-ring (bicyclic) bond motifs is 1. The molecule has 1 heterocycles. The largest absolute Gasteiger partial charge is 0.324 e. The van der Waals surface area contributed by atoms with E-state index in [0.717, 1.165) is 13.0 Å². The molecule has 0 spiro atoms. The van der Waals surface area contributed by atoms with Gasteiger partial charge < -0.3 is 5.73 Å². The second kappa shape index (κ2) is 5.47. The second-order valence-corrected chi connectivity index (χ2v) is 5.08. The summed E-state index contributed by atoms with van der Waals surface area (Å²) in [6.07, 6.45) is 4.80. The molecule has 0 fully saturated rings. The molecule has 0 bridgehead atoms. The van der Waals surface area contributed by atoms with Gasteiger partial charge in [0, 0.05) is 18.8 Å². The third kappa shape index (κ3) is 2.45. The summed E-state index contributed by atoms with van der Waals surface area (Å²) >= 11 is 0. The Kier molecular flexibility index (Phi) is 3.52. The van der Waals surface area contributed by atoms with Crippen LogP contribution in [0.5, 0.6) is 0 Å². The minimum Gasteiger partial charge on any atom is -0.324 e. The molecule has 0 saturated heterocycles. The van der Waals surface area contributed by atoms with Crippen LogP contribution in [0.2, 0.25) is 0 Å². The Morgan fingerprint density at radius 1 is 1.15 bits per heavy atom. The predicted molar refractivity (Wildman–Crippen MR) is 82.5 cm³/mol. The molecule has 0 aliphatic heterocycles. The first-order valence-electron chi connectivity index (χ1n) is 7.02. The molecule has 0 radical (unpaired) electrons. The van der Waals surface area contributed by atoms with Gasteiger partial charge in [0.2, 0.25) is 0 Å². The first-order chi connectivity index (χ1) is 9.78. The van der Waals surface area contributed by atoms with Crippen LogP contribution in [0.25, 0.3) is 10.8 Å². The Bertz CT molecular complexity index is 710. The predicted octanol–water partition coefficient (Wildman–Crippen LogP) is 3.30. The molecule has 0 aliphatic rings. The number of hydrogen-bond donors (Lipinski definition) is 1. The molecule has 0 aliphatic carbocycles. The van der Waals surface area contributed by atoms with Crippen molar-refractivity contribution in [2.75, 3.05) is 0 Å². The van der Waals surface area contributed by atoms with E-state index in [1.54, 1.807) is 0 Å². The zero-order valence-corrected chi connectivity index (χ0v) is 11.7. The third-order valence-corrected chi connectivity index (χ3v) is 3.69. The minimum atomic E-state index is -0.00407. The van der Waals surface area contributed by atoms with Crippen molar-refractivity contribution < 1.29 is 0 Å². The molecule has 3 nitrogen and oxygen atoms in total. The van der Waals surface area contributed by atoms with Crippen LogP contribution in [0.1, 0.15) is 24.1 Å². The van der Waals surface area contributed by atoms with Crippen LogP contribution < -0.4 is 5.73 Å². The molecule has 3 heteroatoms. The third-order valence-electron chi connectivity index (χ3n) is 3.69. The van der Waals surface area contributed by atoms with Crippen molar-refractivity contribution in [1.29, 1.82) is 0 Å². The summed E-state index contributed by atoms with van der Waals surface area (Å²) in [4.78, 5) is 0. The van der Waals surface area contributed by atoms with Gasteiger partial charge in [0.15, 0.2) is 0 Å². The normalized spacial score (nSPS) is 12.7. The fraction of sp³-hybridized carbons (Fsp3) is 0.235. The monoisotopic (exact) mass is 265 g/mol. The van der Waals surface area contributed by atoms with Gasteiger partial charge in [0.05, 0.1) is 6.20 Å². The van der Waals surface area contributed by atoms with E-state index in [1.165, 1.54) is 21.9 Å². The highest BCUT2D eigenvalue weighted by Crippen LogP contribution is 2.25. The summed E-state index contributed by atoms with van der Waals surface area (Å²) in [5.41, 5.74) is 8.80. The number of benzene rings is 2. The van der Waals surface area contributed by atoms with Crippen LogP contribution >= 0.6 is 0 Å². The molecule has 0 amide bonds. The van der Waals surface area contributed by atoms with E-state index in [1.807, 2.05) is 10.9 Å². The number of nitrogens with two attached hydrogens (primary N) is 1. The average Bonchev–Trinajstić information content (AvgIpc) is 2.94. The summed E-state index contributed by atoms with van der Waals surface area (Å²) in [7, 11) is 0. The van der Waals surface area contributed by atoms with Crippen LogP contribution in [-0.4, -0.2) is 9.78 Å². The van der Waals surface area contributed by atoms with Crippen molar-refractivity contribution >= 4 is 10.8 Å². The Morgan fingerprint density at radius 2 is 1.95 bits per heavy atom. The number of rotatable bonds is 4. The van der Waals surface area contributed by atoms with Crippen LogP contribution in [0.15, 0.2) is 54.9 Å². The molecule has 102 valence electrons. The van der Waals surface area contributed by atoms with Crippen LogP contribution in [-0.2, 0) is 13.0 Å². The summed E-state index contributed by atoms with van der Waals surface area (Å²) in [6.45, 7) is 2.98. The van der Waals surface area contributed by atoms with Crippen molar-refractivity contribution in [3.8, 4) is 0 Å². The Morgan fingerprint density at radius 3 is 2.75 bits per heavy atom. The first kappa shape index (κ1) is 12.9. The van der Waals surface area contributed by atoms with E-state index in [9.17, 15) is 0 Å². The maximum absolute atomic E-state index is 6.41. The zero-order valence-electron chi connectivity index (χ0n) is 11.7. The highest BCUT2D eigenvalue weighted by atomic mass is 15.3. The Labute approximate surface area is 119 Å². The number of aromatic nitrogens is 2. The Hall–Kier alpha value is -2.13. The minimum absolute atomic E-state index is 0.00407. The lowest BCUT2D eigenvalue weighted by atomic mass is 9.96. The second-order valence-electron chi connectivity index (χ2n) is 5.08. The molecular weight excluding hydrogens is 246 g/mol. The lowest BCUT2D eigenvalue weighted by Crippen LogP contribution is -2.13. The van der Waals surface area contributed by atoms with Gasteiger partial charge in [-0.25, -0.2) is 0 Å². The van der Waals surface area contributed by atoms with E-state index in [0.29, 0.717) is 0 Å². The SMILES string of the molecule is CCn1cc(CC(N)c2cccc3ccccc23)cn1. The van der Waals surface area contributed by atoms with Crippen molar-refractivity contribution in [3.63, 3.8) is 0 Å². The van der Waals surface area contributed by atoms with Crippen molar-refractivity contribution in [3.05, 3.63) is 66.0 Å². The van der Waals surface area contributed by atoms with Crippen molar-refractivity contribution in [2.24, 2.45) is 5.73 Å². The van der Waals surface area contributed by atoms with Gasteiger partial charge in [-0.1, -0.05) is 42.5 Å². The van der Waals surface area contributed by atoms with Gasteiger partial charge in [-0.15, -0.1) is 0 Å². The zero-order chi connectivity index (χ0) is 13.9. The summed E-state index contributed by atoms with van der Waals surface area (Å²) in [6, 6.07) is 14.7. The molecule has 1 atom stereocenters. The molecule has 0 saturated carbocycles. The molecular formula is C17H19N3. The van der Waals surface area contributed by atoms with Gasteiger partial charge in [0.1, 0.15) is 0 Å². The number of hydrogen-bond acceptors (Lipinski definition) is 2. The molecule has 1 unspecified atom stereocenters. The highest BCUT2D eigenvalue weighted by Gasteiger charge is 2.11. The van der Waals surface area contributed by atoms with Crippen LogP contribution in [0.3, 0.4) is 0 Å². The smallest absolute Gasteiger partial charge is 0.0522 e. The lowest BCUT2D eigenvalue weighted by molar-refractivity contribution is 0.657. The molecule has 1 aromatic heterocycles. The van der Waals surface area contributed by atoms with Crippen molar-refractivity contribution in [2.45, 2.75) is 25.9 Å². The number of aryl methyl sites for hydroxylation is 1. The van der Waals surface area contributed by atoms with Gasteiger partial charge in [0.25, 0.3) is 0 Å². The lowest BCUT2D eigenvalue weighted by Gasteiger charge is -2.14.